The van der Waals surface area contributed by atoms with Crippen molar-refractivity contribution >= 4 is 23.2 Å². The van der Waals surface area contributed by atoms with Crippen LogP contribution in [0.3, 0.4) is 0 Å². The van der Waals surface area contributed by atoms with Crippen molar-refractivity contribution in [1.29, 1.82) is 0 Å². The van der Waals surface area contributed by atoms with E-state index in [0.29, 0.717) is 0 Å². The molecule has 6 heteroatoms. The highest BCUT2D eigenvalue weighted by atomic mass is 35.5. The Kier molecular flexibility index (Phi) is 4.78. The smallest absolute Gasteiger partial charge is 0.283 e. The van der Waals surface area contributed by atoms with Gasteiger partial charge in [-0.15, -0.1) is 0 Å². The van der Waals surface area contributed by atoms with Crippen molar-refractivity contribution in [1.82, 2.24) is 5.32 Å². The molecule has 1 amide bonds. The van der Waals surface area contributed by atoms with Gasteiger partial charge in [-0.25, -0.2) is 0 Å². The summed E-state index contributed by atoms with van der Waals surface area (Å²) >= 11 is 5.96. The first-order valence-electron chi connectivity index (χ1n) is 6.71. The fraction of sp³-hybridized carbons (Fsp3) is 0.188. The van der Waals surface area contributed by atoms with Crippen LogP contribution >= 0.6 is 11.6 Å². The highest BCUT2D eigenvalue weighted by Gasteiger charge is 2.24. The summed E-state index contributed by atoms with van der Waals surface area (Å²) in [5.41, 5.74) is 1.56. The molecule has 22 heavy (non-hydrogen) atoms. The molecule has 0 aliphatic rings. The van der Waals surface area contributed by atoms with Crippen molar-refractivity contribution in [3.8, 4) is 0 Å². The number of amides is 1. The summed E-state index contributed by atoms with van der Waals surface area (Å²) in [7, 11) is 0. The van der Waals surface area contributed by atoms with Gasteiger partial charge in [-0.2, -0.15) is 0 Å². The third-order valence-corrected chi connectivity index (χ3v) is 3.73. The van der Waals surface area contributed by atoms with Gasteiger partial charge in [0.1, 0.15) is 5.56 Å². The van der Waals surface area contributed by atoms with Crippen molar-refractivity contribution in [2.75, 3.05) is 0 Å². The van der Waals surface area contributed by atoms with Gasteiger partial charge in [-0.3, -0.25) is 14.9 Å². The number of hydrogen-bond donors (Lipinski definition) is 1. The Labute approximate surface area is 133 Å². The maximum atomic E-state index is 12.4. The zero-order valence-corrected chi connectivity index (χ0v) is 12.9. The van der Waals surface area contributed by atoms with E-state index in [1.54, 1.807) is 0 Å². The Morgan fingerprint density at radius 3 is 2.55 bits per heavy atom. The first-order chi connectivity index (χ1) is 10.4. The third kappa shape index (κ3) is 3.26. The van der Waals surface area contributed by atoms with E-state index in [1.165, 1.54) is 18.2 Å². The second kappa shape index (κ2) is 6.58. The van der Waals surface area contributed by atoms with Gasteiger partial charge in [0.25, 0.3) is 11.6 Å². The van der Waals surface area contributed by atoms with Crippen molar-refractivity contribution in [2.45, 2.75) is 19.9 Å². The fourth-order valence-electron chi connectivity index (χ4n) is 2.31. The molecule has 2 aromatic carbocycles. The van der Waals surface area contributed by atoms with Crippen molar-refractivity contribution in [2.24, 2.45) is 0 Å². The van der Waals surface area contributed by atoms with Crippen LogP contribution in [0.4, 0.5) is 5.69 Å². The number of halogens is 1. The molecule has 1 N–H and O–H groups in total. The zero-order valence-electron chi connectivity index (χ0n) is 12.2. The van der Waals surface area contributed by atoms with Gasteiger partial charge in [0, 0.05) is 6.07 Å². The number of nitrogens with zero attached hydrogens (tertiary/aromatic N) is 1. The van der Waals surface area contributed by atoms with Crippen molar-refractivity contribution < 1.29 is 9.72 Å². The van der Waals surface area contributed by atoms with Gasteiger partial charge in [-0.1, -0.05) is 41.9 Å². The molecule has 0 radical (unpaired) electrons. The Balaban J connectivity index is 2.31. The number of nitro groups is 1. The minimum absolute atomic E-state index is 0.0590. The normalized spacial score (nSPS) is 11.8. The maximum Gasteiger partial charge on any atom is 0.283 e. The van der Waals surface area contributed by atoms with E-state index in [2.05, 4.69) is 5.32 Å². The molecule has 2 aromatic rings. The molecule has 0 saturated heterocycles. The average Bonchev–Trinajstić information content (AvgIpc) is 2.46. The number of carbonyl (C=O) groups is 1. The number of rotatable bonds is 4. The molecule has 0 aromatic heterocycles. The molecule has 0 spiro atoms. The lowest BCUT2D eigenvalue weighted by atomic mass is 10.0. The molecule has 2 rings (SSSR count). The summed E-state index contributed by atoms with van der Waals surface area (Å²) in [5.74, 6) is -0.562. The van der Waals surface area contributed by atoms with Crippen LogP contribution in [-0.4, -0.2) is 10.8 Å². The van der Waals surface area contributed by atoms with E-state index in [0.717, 1.165) is 11.1 Å². The van der Waals surface area contributed by atoms with Crippen LogP contribution in [0.25, 0.3) is 0 Å². The molecule has 0 unspecified atom stereocenters. The summed E-state index contributed by atoms with van der Waals surface area (Å²) in [6.45, 7) is 3.76. The van der Waals surface area contributed by atoms with Gasteiger partial charge in [-0.05, 0) is 31.0 Å². The molecule has 0 aliphatic carbocycles. The van der Waals surface area contributed by atoms with Gasteiger partial charge >= 0.3 is 0 Å². The Morgan fingerprint density at radius 1 is 1.23 bits per heavy atom. The standard InChI is InChI=1S/C16H15ClN2O3/c1-10-6-3-4-7-12(10)11(2)18-16(20)15-13(17)8-5-9-14(15)19(21)22/h3-9,11H,1-2H3,(H,18,20)/t11-/m1/s1. The average molecular weight is 319 g/mol. The predicted molar refractivity (Wildman–Crippen MR) is 85.2 cm³/mol. The van der Waals surface area contributed by atoms with Gasteiger partial charge in [0.05, 0.1) is 16.0 Å². The topological polar surface area (TPSA) is 72.2 Å². The highest BCUT2D eigenvalue weighted by Crippen LogP contribution is 2.27. The van der Waals surface area contributed by atoms with Crippen LogP contribution in [0, 0.1) is 17.0 Å². The Bertz CT molecular complexity index is 731. The van der Waals surface area contributed by atoms with E-state index < -0.39 is 10.8 Å². The molecule has 0 fully saturated rings. The van der Waals surface area contributed by atoms with Crippen molar-refractivity contribution in [3.63, 3.8) is 0 Å². The molecular weight excluding hydrogens is 304 g/mol. The van der Waals surface area contributed by atoms with Gasteiger partial charge in [0.2, 0.25) is 0 Å². The monoisotopic (exact) mass is 318 g/mol. The second-order valence-corrected chi connectivity index (χ2v) is 5.35. The minimum Gasteiger partial charge on any atom is -0.345 e. The first-order valence-corrected chi connectivity index (χ1v) is 7.09. The van der Waals surface area contributed by atoms with Crippen LogP contribution in [0.5, 0.6) is 0 Å². The molecule has 0 saturated carbocycles. The lowest BCUT2D eigenvalue weighted by molar-refractivity contribution is -0.385. The number of aryl methyl sites for hydroxylation is 1. The van der Waals surface area contributed by atoms with E-state index in [4.69, 9.17) is 11.6 Å². The molecular formula is C16H15ClN2O3. The molecule has 114 valence electrons. The minimum atomic E-state index is -0.612. The van der Waals surface area contributed by atoms with Crippen LogP contribution in [0.2, 0.25) is 5.02 Å². The van der Waals surface area contributed by atoms with Gasteiger partial charge in [0.15, 0.2) is 0 Å². The fourth-order valence-corrected chi connectivity index (χ4v) is 2.56. The third-order valence-electron chi connectivity index (χ3n) is 3.42. The SMILES string of the molecule is Cc1ccccc1[C@@H](C)NC(=O)c1c(Cl)cccc1[N+](=O)[O-]. The van der Waals surface area contributed by atoms with Gasteiger partial charge < -0.3 is 5.32 Å². The van der Waals surface area contributed by atoms with Crippen LogP contribution in [0.15, 0.2) is 42.5 Å². The maximum absolute atomic E-state index is 12.4. The summed E-state index contributed by atoms with van der Waals surface area (Å²) in [5, 5.41) is 13.9. The number of hydrogen-bond acceptors (Lipinski definition) is 3. The Hall–Kier alpha value is -2.40. The van der Waals surface area contributed by atoms with E-state index in [1.807, 2.05) is 38.1 Å². The van der Waals surface area contributed by atoms with E-state index in [9.17, 15) is 14.9 Å². The van der Waals surface area contributed by atoms with E-state index >= 15 is 0 Å². The summed E-state index contributed by atoms with van der Waals surface area (Å²) in [6, 6.07) is 11.5. The molecule has 5 nitrogen and oxygen atoms in total. The van der Waals surface area contributed by atoms with E-state index in [-0.39, 0.29) is 22.3 Å². The molecule has 0 heterocycles. The number of benzene rings is 2. The number of carbonyl (C=O) groups excluding carboxylic acids is 1. The predicted octanol–water partition coefficient (Wildman–Crippen LogP) is 4.05. The lowest BCUT2D eigenvalue weighted by Gasteiger charge is -2.17. The molecule has 1 atom stereocenters. The summed E-state index contributed by atoms with van der Waals surface area (Å²) in [4.78, 5) is 22.8. The van der Waals surface area contributed by atoms with Crippen LogP contribution < -0.4 is 5.32 Å². The largest absolute Gasteiger partial charge is 0.345 e. The Morgan fingerprint density at radius 2 is 1.91 bits per heavy atom. The zero-order chi connectivity index (χ0) is 16.3. The van der Waals surface area contributed by atoms with Crippen LogP contribution in [0.1, 0.15) is 34.5 Å². The number of nitrogens with one attached hydrogen (secondary N) is 1. The summed E-state index contributed by atoms with van der Waals surface area (Å²) < 4.78 is 0. The van der Waals surface area contributed by atoms with Crippen LogP contribution in [-0.2, 0) is 0 Å². The summed E-state index contributed by atoms with van der Waals surface area (Å²) in [6.07, 6.45) is 0. The quantitative estimate of drug-likeness (QED) is 0.682. The number of nitro benzene ring substituents is 1. The second-order valence-electron chi connectivity index (χ2n) is 4.94. The highest BCUT2D eigenvalue weighted by molar-refractivity contribution is 6.34. The molecule has 0 aliphatic heterocycles. The lowest BCUT2D eigenvalue weighted by Crippen LogP contribution is -2.28. The first kappa shape index (κ1) is 16.0. The molecule has 0 bridgehead atoms. The van der Waals surface area contributed by atoms with Crippen molar-refractivity contribution in [3.05, 3.63) is 74.3 Å².